The molecular weight excluding hydrogens is 438 g/mol. The second kappa shape index (κ2) is 9.06. The Morgan fingerprint density at radius 3 is 2.29 bits per heavy atom. The van der Waals surface area contributed by atoms with E-state index in [1.807, 2.05) is 81.4 Å². The van der Waals surface area contributed by atoms with Crippen LogP contribution in [0.2, 0.25) is 0 Å². The van der Waals surface area contributed by atoms with Gasteiger partial charge in [0.2, 0.25) is 5.76 Å². The third kappa shape index (κ3) is 4.12. The number of amides is 1. The molecule has 1 aromatic heterocycles. The summed E-state index contributed by atoms with van der Waals surface area (Å²) in [5.41, 5.74) is 5.72. The fourth-order valence-corrected chi connectivity index (χ4v) is 4.64. The van der Waals surface area contributed by atoms with Crippen molar-refractivity contribution >= 4 is 16.9 Å². The first kappa shape index (κ1) is 22.9. The third-order valence-corrected chi connectivity index (χ3v) is 6.72. The Kier molecular flexibility index (Phi) is 5.93. The Bertz CT molecular complexity index is 1470. The highest BCUT2D eigenvalue weighted by molar-refractivity contribution is 5.99. The molecule has 0 spiro atoms. The Morgan fingerprint density at radius 2 is 1.60 bits per heavy atom. The maximum Gasteiger partial charge on any atom is 0.291 e. The van der Waals surface area contributed by atoms with Gasteiger partial charge >= 0.3 is 0 Å². The number of fused-ring (bicyclic) bond motifs is 2. The summed E-state index contributed by atoms with van der Waals surface area (Å²) in [7, 11) is 0. The van der Waals surface area contributed by atoms with Gasteiger partial charge < -0.3 is 14.1 Å². The standard InChI is InChI=1S/C30H29NO4/c1-5-14-34-23-12-10-22(11-13-23)27-26-28(32)24-15-19(3)20(4)16-25(24)35-29(26)30(33)31(27)17-21-8-6-18(2)7-9-21/h6-13,15-16,27H,5,14,17H2,1-4H3. The number of carbonyl (C=O) groups excluding carboxylic acids is 1. The maximum atomic E-state index is 13.8. The second-order valence-electron chi connectivity index (χ2n) is 9.35. The molecule has 4 aromatic rings. The minimum Gasteiger partial charge on any atom is -0.494 e. The number of hydrogen-bond donors (Lipinski definition) is 0. The maximum absolute atomic E-state index is 13.8. The first-order valence-corrected chi connectivity index (χ1v) is 12.0. The number of benzene rings is 3. The zero-order chi connectivity index (χ0) is 24.7. The molecule has 1 unspecified atom stereocenters. The van der Waals surface area contributed by atoms with Crippen LogP contribution >= 0.6 is 0 Å². The molecule has 35 heavy (non-hydrogen) atoms. The molecule has 0 saturated heterocycles. The van der Waals surface area contributed by atoms with Crippen molar-refractivity contribution in [3.8, 4) is 5.75 Å². The van der Waals surface area contributed by atoms with Gasteiger partial charge in [0, 0.05) is 6.54 Å². The van der Waals surface area contributed by atoms with Crippen LogP contribution in [0.5, 0.6) is 5.75 Å². The van der Waals surface area contributed by atoms with Gasteiger partial charge in [0.15, 0.2) is 5.43 Å². The van der Waals surface area contributed by atoms with Crippen molar-refractivity contribution in [3.05, 3.63) is 110 Å². The summed E-state index contributed by atoms with van der Waals surface area (Å²) in [6.07, 6.45) is 0.920. The van der Waals surface area contributed by atoms with E-state index in [-0.39, 0.29) is 17.1 Å². The van der Waals surface area contributed by atoms with E-state index < -0.39 is 6.04 Å². The Hall–Kier alpha value is -3.86. The normalized spacial score (nSPS) is 15.0. The molecular formula is C30H29NO4. The number of nitrogens with zero attached hydrogens (tertiary/aromatic N) is 1. The van der Waals surface area contributed by atoms with E-state index >= 15 is 0 Å². The highest BCUT2D eigenvalue weighted by Crippen LogP contribution is 2.39. The van der Waals surface area contributed by atoms with Gasteiger partial charge in [0.1, 0.15) is 11.3 Å². The molecule has 0 N–H and O–H groups in total. The molecule has 1 aliphatic rings. The predicted octanol–water partition coefficient (Wildman–Crippen LogP) is 6.25. The third-order valence-electron chi connectivity index (χ3n) is 6.72. The lowest BCUT2D eigenvalue weighted by Gasteiger charge is -2.25. The quantitative estimate of drug-likeness (QED) is 0.336. The van der Waals surface area contributed by atoms with Crippen LogP contribution in [-0.4, -0.2) is 17.4 Å². The van der Waals surface area contributed by atoms with Crippen LogP contribution in [0.4, 0.5) is 0 Å². The summed E-state index contributed by atoms with van der Waals surface area (Å²) < 4.78 is 11.9. The molecule has 0 saturated carbocycles. The van der Waals surface area contributed by atoms with Crippen molar-refractivity contribution in [2.45, 2.75) is 46.7 Å². The van der Waals surface area contributed by atoms with Crippen molar-refractivity contribution in [2.24, 2.45) is 0 Å². The fraction of sp³-hybridized carbons (Fsp3) is 0.267. The van der Waals surface area contributed by atoms with Crippen molar-refractivity contribution in [1.29, 1.82) is 0 Å². The average Bonchev–Trinajstić information content (AvgIpc) is 3.12. The van der Waals surface area contributed by atoms with Crippen LogP contribution < -0.4 is 10.2 Å². The van der Waals surface area contributed by atoms with Gasteiger partial charge in [0.05, 0.1) is 23.6 Å². The molecule has 3 aromatic carbocycles. The van der Waals surface area contributed by atoms with Gasteiger partial charge in [-0.3, -0.25) is 9.59 Å². The molecule has 178 valence electrons. The number of ether oxygens (including phenoxy) is 1. The Morgan fingerprint density at radius 1 is 0.914 bits per heavy atom. The summed E-state index contributed by atoms with van der Waals surface area (Å²) in [5, 5.41) is 0.504. The van der Waals surface area contributed by atoms with E-state index in [0.29, 0.717) is 29.7 Å². The van der Waals surface area contributed by atoms with E-state index in [0.717, 1.165) is 40.0 Å². The van der Waals surface area contributed by atoms with Crippen LogP contribution in [0.3, 0.4) is 0 Å². The van der Waals surface area contributed by atoms with E-state index in [2.05, 4.69) is 6.92 Å². The van der Waals surface area contributed by atoms with Crippen molar-refractivity contribution in [2.75, 3.05) is 6.61 Å². The summed E-state index contributed by atoms with van der Waals surface area (Å²) in [4.78, 5) is 29.2. The number of aryl methyl sites for hydroxylation is 3. The minimum absolute atomic E-state index is 0.133. The molecule has 5 rings (SSSR count). The number of rotatable bonds is 6. The molecule has 1 amide bonds. The SMILES string of the molecule is CCCOc1ccc(C2c3c(oc4cc(C)c(C)cc4c3=O)C(=O)N2Cc2ccc(C)cc2)cc1. The Labute approximate surface area is 205 Å². The molecule has 2 heterocycles. The monoisotopic (exact) mass is 467 g/mol. The van der Waals surface area contributed by atoms with Gasteiger partial charge in [-0.05, 0) is 73.7 Å². The van der Waals surface area contributed by atoms with Crippen molar-refractivity contribution in [3.63, 3.8) is 0 Å². The average molecular weight is 468 g/mol. The minimum atomic E-state index is -0.540. The molecule has 5 heteroatoms. The highest BCUT2D eigenvalue weighted by Gasteiger charge is 2.42. The predicted molar refractivity (Wildman–Crippen MR) is 137 cm³/mol. The summed E-state index contributed by atoms with van der Waals surface area (Å²) in [5.74, 6) is 0.630. The zero-order valence-electron chi connectivity index (χ0n) is 20.6. The van der Waals surface area contributed by atoms with Gasteiger partial charge in [0.25, 0.3) is 5.91 Å². The van der Waals surface area contributed by atoms with Crippen LogP contribution in [-0.2, 0) is 6.54 Å². The summed E-state index contributed by atoms with van der Waals surface area (Å²) in [6, 6.07) is 18.9. The van der Waals surface area contributed by atoms with E-state index in [4.69, 9.17) is 9.15 Å². The van der Waals surface area contributed by atoms with Crippen LogP contribution in [0.15, 0.2) is 69.9 Å². The first-order valence-electron chi connectivity index (χ1n) is 12.0. The lowest BCUT2D eigenvalue weighted by Crippen LogP contribution is -2.29. The lowest BCUT2D eigenvalue weighted by atomic mass is 9.97. The van der Waals surface area contributed by atoms with Crippen LogP contribution in [0.25, 0.3) is 11.0 Å². The molecule has 1 atom stereocenters. The summed E-state index contributed by atoms with van der Waals surface area (Å²) in [6.45, 7) is 9.05. The molecule has 1 aliphatic heterocycles. The van der Waals surface area contributed by atoms with E-state index in [1.54, 1.807) is 4.90 Å². The molecule has 5 nitrogen and oxygen atoms in total. The zero-order valence-corrected chi connectivity index (χ0v) is 20.6. The van der Waals surface area contributed by atoms with Crippen LogP contribution in [0, 0.1) is 20.8 Å². The van der Waals surface area contributed by atoms with E-state index in [1.165, 1.54) is 0 Å². The van der Waals surface area contributed by atoms with Gasteiger partial charge in [-0.1, -0.05) is 48.9 Å². The fourth-order valence-electron chi connectivity index (χ4n) is 4.64. The molecule has 0 aliphatic carbocycles. The van der Waals surface area contributed by atoms with Gasteiger partial charge in [-0.2, -0.15) is 0 Å². The molecule has 0 fully saturated rings. The topological polar surface area (TPSA) is 59.8 Å². The van der Waals surface area contributed by atoms with E-state index in [9.17, 15) is 9.59 Å². The van der Waals surface area contributed by atoms with Gasteiger partial charge in [-0.25, -0.2) is 0 Å². The first-order chi connectivity index (χ1) is 16.9. The molecule has 0 radical (unpaired) electrons. The number of hydrogen-bond acceptors (Lipinski definition) is 4. The van der Waals surface area contributed by atoms with Crippen molar-refractivity contribution < 1.29 is 13.9 Å². The van der Waals surface area contributed by atoms with Crippen LogP contribution in [0.1, 0.15) is 63.3 Å². The highest BCUT2D eigenvalue weighted by atomic mass is 16.5. The Balaban J connectivity index is 1.66. The second-order valence-corrected chi connectivity index (χ2v) is 9.35. The molecule has 0 bridgehead atoms. The lowest BCUT2D eigenvalue weighted by molar-refractivity contribution is 0.0714. The number of carbonyl (C=O) groups is 1. The largest absolute Gasteiger partial charge is 0.494 e. The van der Waals surface area contributed by atoms with Crippen molar-refractivity contribution in [1.82, 2.24) is 4.90 Å². The summed E-state index contributed by atoms with van der Waals surface area (Å²) >= 11 is 0. The smallest absolute Gasteiger partial charge is 0.291 e. The van der Waals surface area contributed by atoms with Gasteiger partial charge in [-0.15, -0.1) is 0 Å².